The molecule has 2 heterocycles. The van der Waals surface area contributed by atoms with Crippen molar-refractivity contribution in [3.63, 3.8) is 0 Å². The summed E-state index contributed by atoms with van der Waals surface area (Å²) in [5.41, 5.74) is 1.04. The number of esters is 1. The topological polar surface area (TPSA) is 77.0 Å². The normalized spacial score (nSPS) is 10.1. The lowest BCUT2D eigenvalue weighted by atomic mass is 10.3. The maximum Gasteiger partial charge on any atom is 0.343 e. The molecule has 0 spiro atoms. The van der Waals surface area contributed by atoms with Crippen molar-refractivity contribution in [2.75, 3.05) is 18.2 Å². The van der Waals surface area contributed by atoms with Crippen molar-refractivity contribution < 1.29 is 9.53 Å². The van der Waals surface area contributed by atoms with E-state index in [2.05, 4.69) is 20.3 Å². The van der Waals surface area contributed by atoms with Gasteiger partial charge in [-0.3, -0.25) is 4.98 Å². The second-order valence-corrected chi connectivity index (χ2v) is 4.48. The molecule has 0 aromatic carbocycles. The Morgan fingerprint density at radius 3 is 2.95 bits per heavy atom. The molecular formula is C13H14N4O2S. The third-order valence-electron chi connectivity index (χ3n) is 2.37. The molecule has 0 atom stereocenters. The maximum absolute atomic E-state index is 11.9. The molecule has 0 saturated carbocycles. The van der Waals surface area contributed by atoms with Crippen LogP contribution in [0.3, 0.4) is 0 Å². The third kappa shape index (κ3) is 3.45. The zero-order valence-electron chi connectivity index (χ0n) is 11.2. The molecule has 1 N–H and O–H groups in total. The minimum absolute atomic E-state index is 0.300. The number of carbonyl (C=O) groups excluding carboxylic acids is 1. The summed E-state index contributed by atoms with van der Waals surface area (Å²) in [6.45, 7) is 2.05. The summed E-state index contributed by atoms with van der Waals surface area (Å²) < 4.78 is 5.00. The van der Waals surface area contributed by atoms with Crippen molar-refractivity contribution in [1.29, 1.82) is 0 Å². The van der Waals surface area contributed by atoms with Crippen molar-refractivity contribution >= 4 is 29.2 Å². The average molecular weight is 290 g/mol. The van der Waals surface area contributed by atoms with Crippen molar-refractivity contribution in [3.05, 3.63) is 36.3 Å². The van der Waals surface area contributed by atoms with E-state index >= 15 is 0 Å². The van der Waals surface area contributed by atoms with E-state index in [1.807, 2.05) is 12.3 Å². The highest BCUT2D eigenvalue weighted by atomic mass is 32.2. The highest BCUT2D eigenvalue weighted by molar-refractivity contribution is 7.98. The van der Waals surface area contributed by atoms with Crippen LogP contribution in [0.2, 0.25) is 0 Å². The zero-order valence-corrected chi connectivity index (χ0v) is 12.0. The third-order valence-corrected chi connectivity index (χ3v) is 2.93. The lowest BCUT2D eigenvalue weighted by Crippen LogP contribution is -2.10. The molecule has 104 valence electrons. The minimum atomic E-state index is -0.452. The number of thioether (sulfide) groups is 1. The van der Waals surface area contributed by atoms with Gasteiger partial charge in [-0.25, -0.2) is 14.8 Å². The molecule has 0 bridgehead atoms. The number of carbonyl (C=O) groups is 1. The first-order valence-corrected chi connectivity index (χ1v) is 7.22. The second-order valence-electron chi connectivity index (χ2n) is 3.71. The van der Waals surface area contributed by atoms with Crippen LogP contribution in [0.15, 0.2) is 35.9 Å². The summed E-state index contributed by atoms with van der Waals surface area (Å²) >= 11 is 1.40. The highest BCUT2D eigenvalue weighted by Crippen LogP contribution is 2.21. The molecule has 0 aliphatic heterocycles. The Hall–Kier alpha value is -2.15. The summed E-state index contributed by atoms with van der Waals surface area (Å²) in [5.74, 6) is -0.0395. The smallest absolute Gasteiger partial charge is 0.343 e. The quantitative estimate of drug-likeness (QED) is 0.515. The van der Waals surface area contributed by atoms with Gasteiger partial charge in [0.1, 0.15) is 11.4 Å². The molecule has 0 aliphatic rings. The molecule has 0 unspecified atom stereocenters. The molecule has 0 fully saturated rings. The molecule has 7 heteroatoms. The van der Waals surface area contributed by atoms with Gasteiger partial charge in [-0.1, -0.05) is 11.8 Å². The van der Waals surface area contributed by atoms with E-state index in [1.54, 1.807) is 25.4 Å². The standard InChI is InChI=1S/C13H14N4O2S/c1-3-19-12(18)10-8-15-13(20-2)17-11(10)16-9-5-4-6-14-7-9/h4-8H,3H2,1-2H3,(H,15,16,17). The summed E-state index contributed by atoms with van der Waals surface area (Å²) in [6.07, 6.45) is 6.66. The predicted octanol–water partition coefficient (Wildman–Crippen LogP) is 2.51. The Kier molecular flexibility index (Phi) is 4.89. The molecule has 0 saturated heterocycles. The molecular weight excluding hydrogens is 276 g/mol. The monoisotopic (exact) mass is 290 g/mol. The van der Waals surface area contributed by atoms with Crippen molar-refractivity contribution in [2.24, 2.45) is 0 Å². The van der Waals surface area contributed by atoms with E-state index in [-0.39, 0.29) is 0 Å². The fraction of sp³-hybridized carbons (Fsp3) is 0.231. The fourth-order valence-corrected chi connectivity index (χ4v) is 1.83. The molecule has 20 heavy (non-hydrogen) atoms. The van der Waals surface area contributed by atoms with Gasteiger partial charge in [-0.15, -0.1) is 0 Å². The summed E-state index contributed by atoms with van der Waals surface area (Å²) in [7, 11) is 0. The number of ether oxygens (including phenoxy) is 1. The Morgan fingerprint density at radius 2 is 2.30 bits per heavy atom. The fourth-order valence-electron chi connectivity index (χ4n) is 1.49. The lowest BCUT2D eigenvalue weighted by Gasteiger charge is -2.10. The van der Waals surface area contributed by atoms with Gasteiger partial charge in [-0.05, 0) is 25.3 Å². The van der Waals surface area contributed by atoms with Crippen molar-refractivity contribution in [3.8, 4) is 0 Å². The van der Waals surface area contributed by atoms with Gasteiger partial charge in [0.25, 0.3) is 0 Å². The first-order chi connectivity index (χ1) is 9.74. The van der Waals surface area contributed by atoms with Gasteiger partial charge in [0, 0.05) is 12.4 Å². The number of hydrogen-bond donors (Lipinski definition) is 1. The van der Waals surface area contributed by atoms with Crippen LogP contribution >= 0.6 is 11.8 Å². The van der Waals surface area contributed by atoms with Crippen LogP contribution in [0.4, 0.5) is 11.5 Å². The number of nitrogens with one attached hydrogen (secondary N) is 1. The summed E-state index contributed by atoms with van der Waals surface area (Å²) in [6, 6.07) is 3.63. The van der Waals surface area contributed by atoms with Gasteiger partial charge in [-0.2, -0.15) is 0 Å². The van der Waals surface area contributed by atoms with Gasteiger partial charge >= 0.3 is 5.97 Å². The number of aromatic nitrogens is 3. The summed E-state index contributed by atoms with van der Waals surface area (Å²) in [5, 5.41) is 3.63. The Morgan fingerprint density at radius 1 is 1.45 bits per heavy atom. The van der Waals surface area contributed by atoms with Crippen LogP contribution < -0.4 is 5.32 Å². The Bertz CT molecular complexity index is 592. The second kappa shape index (κ2) is 6.85. The largest absolute Gasteiger partial charge is 0.462 e. The molecule has 2 aromatic heterocycles. The Balaban J connectivity index is 2.34. The SMILES string of the molecule is CCOC(=O)c1cnc(SC)nc1Nc1cccnc1. The number of anilines is 2. The molecule has 2 aromatic rings. The van der Waals surface area contributed by atoms with Crippen molar-refractivity contribution in [2.45, 2.75) is 12.1 Å². The van der Waals surface area contributed by atoms with E-state index in [1.165, 1.54) is 18.0 Å². The number of rotatable bonds is 5. The Labute approximate surface area is 121 Å². The van der Waals surface area contributed by atoms with Gasteiger partial charge in [0.05, 0.1) is 18.5 Å². The van der Waals surface area contributed by atoms with Crippen LogP contribution in [0, 0.1) is 0 Å². The van der Waals surface area contributed by atoms with Crippen LogP contribution in [0.5, 0.6) is 0 Å². The van der Waals surface area contributed by atoms with E-state index in [9.17, 15) is 4.79 Å². The predicted molar refractivity (Wildman–Crippen MR) is 77.3 cm³/mol. The van der Waals surface area contributed by atoms with E-state index < -0.39 is 5.97 Å². The first-order valence-electron chi connectivity index (χ1n) is 5.99. The van der Waals surface area contributed by atoms with Crippen LogP contribution in [0.25, 0.3) is 0 Å². The maximum atomic E-state index is 11.9. The van der Waals surface area contributed by atoms with E-state index in [0.717, 1.165) is 5.69 Å². The molecule has 0 amide bonds. The van der Waals surface area contributed by atoms with E-state index in [0.29, 0.717) is 23.1 Å². The minimum Gasteiger partial charge on any atom is -0.462 e. The first kappa shape index (κ1) is 14.3. The van der Waals surface area contributed by atoms with Crippen LogP contribution in [0.1, 0.15) is 17.3 Å². The molecule has 0 radical (unpaired) electrons. The van der Waals surface area contributed by atoms with E-state index in [4.69, 9.17) is 4.74 Å². The molecule has 0 aliphatic carbocycles. The average Bonchev–Trinajstić information content (AvgIpc) is 2.48. The van der Waals surface area contributed by atoms with Gasteiger partial charge < -0.3 is 10.1 Å². The number of hydrogen-bond acceptors (Lipinski definition) is 7. The molecule has 6 nitrogen and oxygen atoms in total. The van der Waals surface area contributed by atoms with Gasteiger partial charge in [0.15, 0.2) is 5.16 Å². The number of nitrogens with zero attached hydrogens (tertiary/aromatic N) is 3. The number of pyridine rings is 1. The lowest BCUT2D eigenvalue weighted by molar-refractivity contribution is 0.0526. The summed E-state index contributed by atoms with van der Waals surface area (Å²) in [4.78, 5) is 24.3. The highest BCUT2D eigenvalue weighted by Gasteiger charge is 2.16. The van der Waals surface area contributed by atoms with Gasteiger partial charge in [0.2, 0.25) is 0 Å². The molecule has 2 rings (SSSR count). The van der Waals surface area contributed by atoms with Crippen LogP contribution in [-0.2, 0) is 4.74 Å². The van der Waals surface area contributed by atoms with Crippen molar-refractivity contribution in [1.82, 2.24) is 15.0 Å². The van der Waals surface area contributed by atoms with Crippen LogP contribution in [-0.4, -0.2) is 33.8 Å². The zero-order chi connectivity index (χ0) is 14.4.